The smallest absolute Gasteiger partial charge is 0.255 e. The Morgan fingerprint density at radius 1 is 0.844 bits per heavy atom. The minimum atomic E-state index is -0.183. The van der Waals surface area contributed by atoms with Crippen LogP contribution in [0, 0.1) is 0 Å². The van der Waals surface area contributed by atoms with Gasteiger partial charge < -0.3 is 15.4 Å². The van der Waals surface area contributed by atoms with E-state index in [1.54, 1.807) is 36.4 Å². The lowest BCUT2D eigenvalue weighted by Crippen LogP contribution is -2.47. The molecular weight excluding hydrogens is 402 g/mol. The van der Waals surface area contributed by atoms with Crippen molar-refractivity contribution in [3.63, 3.8) is 0 Å². The van der Waals surface area contributed by atoms with Crippen molar-refractivity contribution in [2.24, 2.45) is 0 Å². The van der Waals surface area contributed by atoms with Gasteiger partial charge in [0.15, 0.2) is 0 Å². The minimum absolute atomic E-state index is 0.0409. The number of benzene rings is 3. The Kier molecular flexibility index (Phi) is 7.27. The van der Waals surface area contributed by atoms with Gasteiger partial charge in [0.05, 0.1) is 12.7 Å². The van der Waals surface area contributed by atoms with E-state index >= 15 is 0 Å². The van der Waals surface area contributed by atoms with E-state index in [9.17, 15) is 9.59 Å². The number of carbonyl (C=O) groups excluding carboxylic acids is 2. The van der Waals surface area contributed by atoms with Gasteiger partial charge in [0.25, 0.3) is 11.8 Å². The molecule has 1 heterocycles. The zero-order valence-electron chi connectivity index (χ0n) is 17.9. The third-order valence-corrected chi connectivity index (χ3v) is 5.40. The monoisotopic (exact) mass is 429 g/mol. The quantitative estimate of drug-likeness (QED) is 0.602. The molecule has 2 N–H and O–H groups in total. The SMILES string of the molecule is O=C(NCC1CN(Cc2ccccc2)CCO1)c1ccc(NC(=O)c2ccccc2)cc1. The zero-order valence-corrected chi connectivity index (χ0v) is 17.9. The van der Waals surface area contributed by atoms with Crippen LogP contribution in [0.25, 0.3) is 0 Å². The largest absolute Gasteiger partial charge is 0.374 e. The van der Waals surface area contributed by atoms with Gasteiger partial charge in [0, 0.05) is 43.0 Å². The number of ether oxygens (including phenoxy) is 1. The first-order valence-electron chi connectivity index (χ1n) is 10.8. The highest BCUT2D eigenvalue weighted by molar-refractivity contribution is 6.04. The molecule has 164 valence electrons. The molecule has 0 aliphatic carbocycles. The Hall–Kier alpha value is -3.48. The zero-order chi connectivity index (χ0) is 22.2. The van der Waals surface area contributed by atoms with Gasteiger partial charge in [-0.25, -0.2) is 0 Å². The second-order valence-corrected chi connectivity index (χ2v) is 7.82. The predicted octanol–water partition coefficient (Wildman–Crippen LogP) is 3.57. The summed E-state index contributed by atoms with van der Waals surface area (Å²) in [6.45, 7) is 3.65. The summed E-state index contributed by atoms with van der Waals surface area (Å²) in [5.74, 6) is -0.341. The van der Waals surface area contributed by atoms with Crippen molar-refractivity contribution >= 4 is 17.5 Å². The van der Waals surface area contributed by atoms with Gasteiger partial charge >= 0.3 is 0 Å². The molecule has 1 aliphatic rings. The molecular formula is C26H27N3O3. The van der Waals surface area contributed by atoms with Crippen molar-refractivity contribution in [2.45, 2.75) is 12.6 Å². The summed E-state index contributed by atoms with van der Waals surface area (Å²) in [7, 11) is 0. The Morgan fingerprint density at radius 3 is 2.22 bits per heavy atom. The van der Waals surface area contributed by atoms with Gasteiger partial charge in [0.1, 0.15) is 0 Å². The van der Waals surface area contributed by atoms with Crippen LogP contribution in [0.3, 0.4) is 0 Å². The molecule has 1 atom stereocenters. The Balaban J connectivity index is 1.25. The van der Waals surface area contributed by atoms with Crippen LogP contribution >= 0.6 is 0 Å². The summed E-state index contributed by atoms with van der Waals surface area (Å²) in [6, 6.07) is 26.2. The second-order valence-electron chi connectivity index (χ2n) is 7.82. The third kappa shape index (κ3) is 6.03. The lowest BCUT2D eigenvalue weighted by Gasteiger charge is -2.33. The average Bonchev–Trinajstić information content (AvgIpc) is 2.84. The highest BCUT2D eigenvalue weighted by atomic mass is 16.5. The van der Waals surface area contributed by atoms with E-state index in [-0.39, 0.29) is 17.9 Å². The summed E-state index contributed by atoms with van der Waals surface area (Å²) in [6.07, 6.45) is -0.0409. The summed E-state index contributed by atoms with van der Waals surface area (Å²) in [5.41, 5.74) is 3.04. The van der Waals surface area contributed by atoms with E-state index in [4.69, 9.17) is 4.74 Å². The topological polar surface area (TPSA) is 70.7 Å². The van der Waals surface area contributed by atoms with Crippen molar-refractivity contribution in [1.29, 1.82) is 0 Å². The van der Waals surface area contributed by atoms with E-state index in [0.717, 1.165) is 19.6 Å². The van der Waals surface area contributed by atoms with Gasteiger partial charge in [-0.05, 0) is 42.0 Å². The van der Waals surface area contributed by atoms with Crippen molar-refractivity contribution in [1.82, 2.24) is 10.2 Å². The number of carbonyl (C=O) groups is 2. The van der Waals surface area contributed by atoms with E-state index < -0.39 is 0 Å². The number of rotatable bonds is 7. The molecule has 6 heteroatoms. The van der Waals surface area contributed by atoms with E-state index in [1.165, 1.54) is 5.56 Å². The lowest BCUT2D eigenvalue weighted by molar-refractivity contribution is -0.0292. The van der Waals surface area contributed by atoms with Crippen LogP contribution in [0.1, 0.15) is 26.3 Å². The fourth-order valence-electron chi connectivity index (χ4n) is 3.70. The molecule has 3 aromatic rings. The molecule has 1 unspecified atom stereocenters. The number of nitrogens with zero attached hydrogens (tertiary/aromatic N) is 1. The van der Waals surface area contributed by atoms with Crippen molar-refractivity contribution in [2.75, 3.05) is 31.6 Å². The number of hydrogen-bond donors (Lipinski definition) is 2. The Bertz CT molecular complexity index is 1020. The summed E-state index contributed by atoms with van der Waals surface area (Å²) in [5, 5.41) is 5.80. The standard InChI is InChI=1S/C26H27N3O3/c30-25(22-11-13-23(14-12-22)28-26(31)21-9-5-2-6-10-21)27-17-24-19-29(15-16-32-24)18-20-7-3-1-4-8-20/h1-14,24H,15-19H2,(H,27,30)(H,28,31). The first-order chi connectivity index (χ1) is 15.7. The van der Waals surface area contributed by atoms with Crippen LogP contribution in [0.2, 0.25) is 0 Å². The summed E-state index contributed by atoms with van der Waals surface area (Å²) < 4.78 is 5.83. The normalized spacial score (nSPS) is 16.3. The number of hydrogen-bond acceptors (Lipinski definition) is 4. The van der Waals surface area contributed by atoms with Gasteiger partial charge in [0.2, 0.25) is 0 Å². The van der Waals surface area contributed by atoms with Gasteiger partial charge in [-0.1, -0.05) is 48.5 Å². The third-order valence-electron chi connectivity index (χ3n) is 5.40. The second kappa shape index (κ2) is 10.7. The Labute approximate surface area is 188 Å². The average molecular weight is 430 g/mol. The molecule has 2 amide bonds. The lowest BCUT2D eigenvalue weighted by atomic mass is 10.1. The van der Waals surface area contributed by atoms with Gasteiger partial charge in [-0.15, -0.1) is 0 Å². The van der Waals surface area contributed by atoms with Gasteiger partial charge in [-0.3, -0.25) is 14.5 Å². The van der Waals surface area contributed by atoms with Crippen LogP contribution in [0.15, 0.2) is 84.9 Å². The molecule has 1 aliphatic heterocycles. The number of anilines is 1. The molecule has 0 radical (unpaired) electrons. The molecule has 6 nitrogen and oxygen atoms in total. The predicted molar refractivity (Wildman–Crippen MR) is 125 cm³/mol. The molecule has 1 fully saturated rings. The maximum atomic E-state index is 12.5. The molecule has 0 bridgehead atoms. The highest BCUT2D eigenvalue weighted by Crippen LogP contribution is 2.13. The molecule has 0 aromatic heterocycles. The fourth-order valence-corrected chi connectivity index (χ4v) is 3.70. The first-order valence-corrected chi connectivity index (χ1v) is 10.8. The molecule has 1 saturated heterocycles. The van der Waals surface area contributed by atoms with Crippen LogP contribution in [-0.4, -0.2) is 49.1 Å². The van der Waals surface area contributed by atoms with Crippen LogP contribution < -0.4 is 10.6 Å². The van der Waals surface area contributed by atoms with Crippen molar-refractivity contribution < 1.29 is 14.3 Å². The molecule has 0 saturated carbocycles. The number of morpholine rings is 1. The summed E-state index contributed by atoms with van der Waals surface area (Å²) in [4.78, 5) is 27.1. The summed E-state index contributed by atoms with van der Waals surface area (Å²) >= 11 is 0. The highest BCUT2D eigenvalue weighted by Gasteiger charge is 2.21. The van der Waals surface area contributed by atoms with Crippen LogP contribution in [0.5, 0.6) is 0 Å². The Morgan fingerprint density at radius 2 is 1.50 bits per heavy atom. The van der Waals surface area contributed by atoms with Crippen LogP contribution in [0.4, 0.5) is 5.69 Å². The van der Waals surface area contributed by atoms with E-state index in [2.05, 4.69) is 27.7 Å². The van der Waals surface area contributed by atoms with Gasteiger partial charge in [-0.2, -0.15) is 0 Å². The van der Waals surface area contributed by atoms with Crippen molar-refractivity contribution in [3.05, 3.63) is 102 Å². The maximum absolute atomic E-state index is 12.5. The molecule has 3 aromatic carbocycles. The fraction of sp³-hybridized carbons (Fsp3) is 0.231. The number of amides is 2. The molecule has 4 rings (SSSR count). The molecule has 32 heavy (non-hydrogen) atoms. The van der Waals surface area contributed by atoms with Crippen molar-refractivity contribution in [3.8, 4) is 0 Å². The minimum Gasteiger partial charge on any atom is -0.374 e. The molecule has 0 spiro atoms. The van der Waals surface area contributed by atoms with E-state index in [0.29, 0.717) is 30.0 Å². The first kappa shape index (κ1) is 21.7. The van der Waals surface area contributed by atoms with E-state index in [1.807, 2.05) is 36.4 Å². The van der Waals surface area contributed by atoms with Crippen LogP contribution in [-0.2, 0) is 11.3 Å². The number of nitrogens with one attached hydrogen (secondary N) is 2. The maximum Gasteiger partial charge on any atom is 0.255 e.